The van der Waals surface area contributed by atoms with Crippen molar-refractivity contribution in [1.82, 2.24) is 4.90 Å². The van der Waals surface area contributed by atoms with Crippen LogP contribution < -0.4 is 4.90 Å². The van der Waals surface area contributed by atoms with Crippen LogP contribution >= 0.6 is 0 Å². The van der Waals surface area contributed by atoms with Gasteiger partial charge in [-0.3, -0.25) is 4.79 Å². The number of Topliss-reactive ketones (excluding diaryl/α,β-unsaturated/α-hetero) is 1. The minimum Gasteiger partial charge on any atom is -0.367 e. The summed E-state index contributed by atoms with van der Waals surface area (Å²) in [5, 5.41) is 0. The number of aryl methyl sites for hydroxylation is 1. The van der Waals surface area contributed by atoms with Crippen LogP contribution in [0, 0.1) is 5.82 Å². The van der Waals surface area contributed by atoms with E-state index in [1.807, 2.05) is 0 Å². The normalized spacial score (nSPS) is 25.6. The highest BCUT2D eigenvalue weighted by molar-refractivity contribution is 5.95. The first kappa shape index (κ1) is 18.8. The number of nitrogens with zero attached hydrogens (tertiary/aromatic N) is 2. The largest absolute Gasteiger partial charge is 0.367 e. The summed E-state index contributed by atoms with van der Waals surface area (Å²) in [6.07, 6.45) is 5.04. The molecule has 1 unspecified atom stereocenters. The maximum absolute atomic E-state index is 13.1. The van der Waals surface area contributed by atoms with Gasteiger partial charge in [0, 0.05) is 48.8 Å². The topological polar surface area (TPSA) is 23.6 Å². The van der Waals surface area contributed by atoms with Gasteiger partial charge in [0.2, 0.25) is 0 Å². The molecule has 0 spiro atoms. The Bertz CT molecular complexity index is 925. The van der Waals surface area contributed by atoms with Crippen LogP contribution in [0.3, 0.4) is 0 Å². The van der Waals surface area contributed by atoms with Crippen LogP contribution in [0.1, 0.15) is 54.1 Å². The molecule has 152 valence electrons. The third-order valence-corrected chi connectivity index (χ3v) is 7.29. The lowest BCUT2D eigenvalue weighted by Gasteiger charge is -2.46. The van der Waals surface area contributed by atoms with Crippen LogP contribution in [-0.4, -0.2) is 42.9 Å². The predicted molar refractivity (Wildman–Crippen MR) is 114 cm³/mol. The zero-order chi connectivity index (χ0) is 20.0. The molecule has 4 heteroatoms. The van der Waals surface area contributed by atoms with Crippen molar-refractivity contribution in [3.05, 3.63) is 65.0 Å². The van der Waals surface area contributed by atoms with Crippen molar-refractivity contribution in [2.75, 3.05) is 31.1 Å². The summed E-state index contributed by atoms with van der Waals surface area (Å²) in [7, 11) is 0. The number of fused-ring (bicyclic) bond motifs is 3. The molecule has 3 nitrogen and oxygen atoms in total. The van der Waals surface area contributed by atoms with Gasteiger partial charge in [-0.25, -0.2) is 4.39 Å². The molecule has 2 atom stereocenters. The Morgan fingerprint density at radius 3 is 2.83 bits per heavy atom. The highest BCUT2D eigenvalue weighted by Crippen LogP contribution is 2.51. The van der Waals surface area contributed by atoms with Crippen LogP contribution in [0.4, 0.5) is 10.1 Å². The monoisotopic (exact) mass is 392 g/mol. The Kier molecular flexibility index (Phi) is 4.70. The van der Waals surface area contributed by atoms with Gasteiger partial charge in [-0.2, -0.15) is 0 Å². The standard InChI is InChI=1S/C25H29FN2O/c1-25-17-27(14-4-8-22(29)18-9-11-20(26)12-10-18)16-13-23(25)28-15-3-6-19-5-2-7-21(25)24(19)28/h2,5,7,9-12,23H,3-4,6,8,13-17H2,1H3/t23?,25-/m1/s1. The Morgan fingerprint density at radius 2 is 2.00 bits per heavy atom. The number of anilines is 1. The van der Waals surface area contributed by atoms with Gasteiger partial charge in [-0.1, -0.05) is 25.1 Å². The minimum atomic E-state index is -0.296. The molecule has 29 heavy (non-hydrogen) atoms. The lowest BCUT2D eigenvalue weighted by molar-refractivity contribution is 0.0963. The van der Waals surface area contributed by atoms with E-state index in [1.54, 1.807) is 12.1 Å². The molecule has 0 N–H and O–H groups in total. The second-order valence-corrected chi connectivity index (χ2v) is 9.14. The molecule has 2 aromatic rings. The highest BCUT2D eigenvalue weighted by Gasteiger charge is 2.51. The quantitative estimate of drug-likeness (QED) is 0.696. The number of hydrogen-bond acceptors (Lipinski definition) is 3. The van der Waals surface area contributed by atoms with Gasteiger partial charge < -0.3 is 9.80 Å². The summed E-state index contributed by atoms with van der Waals surface area (Å²) in [6.45, 7) is 6.75. The van der Waals surface area contributed by atoms with Crippen molar-refractivity contribution in [3.8, 4) is 0 Å². The van der Waals surface area contributed by atoms with Gasteiger partial charge in [0.25, 0.3) is 0 Å². The maximum atomic E-state index is 13.1. The van der Waals surface area contributed by atoms with E-state index in [4.69, 9.17) is 0 Å². The third-order valence-electron chi connectivity index (χ3n) is 7.29. The molecule has 0 aliphatic carbocycles. The summed E-state index contributed by atoms with van der Waals surface area (Å²) in [5.41, 5.74) is 5.38. The third kappa shape index (κ3) is 3.18. The van der Waals surface area contributed by atoms with E-state index in [0.29, 0.717) is 18.0 Å². The van der Waals surface area contributed by atoms with Gasteiger partial charge in [0.05, 0.1) is 0 Å². The van der Waals surface area contributed by atoms with Crippen molar-refractivity contribution >= 4 is 11.5 Å². The lowest BCUT2D eigenvalue weighted by atomic mass is 9.74. The first-order valence-corrected chi connectivity index (χ1v) is 11.0. The summed E-state index contributed by atoms with van der Waals surface area (Å²) in [5.74, 6) is -0.185. The average Bonchev–Trinajstić information content (AvgIpc) is 2.98. The van der Waals surface area contributed by atoms with E-state index in [9.17, 15) is 9.18 Å². The Balaban J connectivity index is 1.25. The smallest absolute Gasteiger partial charge is 0.162 e. The van der Waals surface area contributed by atoms with E-state index in [1.165, 1.54) is 54.8 Å². The summed E-state index contributed by atoms with van der Waals surface area (Å²) < 4.78 is 13.1. The van der Waals surface area contributed by atoms with Crippen molar-refractivity contribution in [2.24, 2.45) is 0 Å². The number of para-hydroxylation sites is 1. The SMILES string of the molecule is C[C@]12CN(CCCC(=O)c3ccc(F)cc3)CCC1N1CCCc3cccc2c31. The van der Waals surface area contributed by atoms with E-state index in [0.717, 1.165) is 26.1 Å². The number of piperidine rings is 1. The molecule has 0 bridgehead atoms. The van der Waals surface area contributed by atoms with Crippen LogP contribution in [0.2, 0.25) is 0 Å². The number of hydrogen-bond donors (Lipinski definition) is 0. The van der Waals surface area contributed by atoms with E-state index in [2.05, 4.69) is 34.9 Å². The fourth-order valence-corrected chi connectivity index (χ4v) is 5.93. The van der Waals surface area contributed by atoms with Crippen LogP contribution in [0.15, 0.2) is 42.5 Å². The van der Waals surface area contributed by atoms with E-state index in [-0.39, 0.29) is 17.0 Å². The molecule has 0 amide bonds. The second kappa shape index (κ2) is 7.24. The van der Waals surface area contributed by atoms with Crippen molar-refractivity contribution in [2.45, 2.75) is 50.5 Å². The highest BCUT2D eigenvalue weighted by atomic mass is 19.1. The summed E-state index contributed by atoms with van der Waals surface area (Å²) >= 11 is 0. The van der Waals surface area contributed by atoms with Gasteiger partial charge in [-0.05, 0) is 67.6 Å². The van der Waals surface area contributed by atoms with E-state index >= 15 is 0 Å². The van der Waals surface area contributed by atoms with E-state index < -0.39 is 0 Å². The van der Waals surface area contributed by atoms with Crippen LogP contribution in [0.25, 0.3) is 0 Å². The van der Waals surface area contributed by atoms with Crippen LogP contribution in [-0.2, 0) is 11.8 Å². The molecule has 3 aliphatic rings. The molecule has 0 aromatic heterocycles. The molecule has 1 saturated heterocycles. The Labute approximate surface area is 172 Å². The van der Waals surface area contributed by atoms with Crippen molar-refractivity contribution < 1.29 is 9.18 Å². The molecular weight excluding hydrogens is 363 g/mol. The fourth-order valence-electron chi connectivity index (χ4n) is 5.93. The number of halogens is 1. The summed E-state index contributed by atoms with van der Waals surface area (Å²) in [6, 6.07) is 13.4. The second-order valence-electron chi connectivity index (χ2n) is 9.14. The number of carbonyl (C=O) groups is 1. The molecule has 1 fully saturated rings. The molecule has 0 saturated carbocycles. The Hall–Kier alpha value is -2.20. The van der Waals surface area contributed by atoms with Gasteiger partial charge >= 0.3 is 0 Å². The fraction of sp³-hybridized carbons (Fsp3) is 0.480. The average molecular weight is 393 g/mol. The van der Waals surface area contributed by atoms with Crippen molar-refractivity contribution in [1.29, 1.82) is 0 Å². The zero-order valence-corrected chi connectivity index (χ0v) is 17.2. The first-order valence-electron chi connectivity index (χ1n) is 11.0. The molecule has 5 rings (SSSR count). The summed E-state index contributed by atoms with van der Waals surface area (Å²) in [4.78, 5) is 17.6. The maximum Gasteiger partial charge on any atom is 0.162 e. The molecule has 3 aliphatic heterocycles. The first-order chi connectivity index (χ1) is 14.1. The molecule has 3 heterocycles. The predicted octanol–water partition coefficient (Wildman–Crippen LogP) is 4.59. The minimum absolute atomic E-state index is 0.110. The van der Waals surface area contributed by atoms with Gasteiger partial charge in [0.1, 0.15) is 5.82 Å². The number of likely N-dealkylation sites (tertiary alicyclic amines) is 1. The Morgan fingerprint density at radius 1 is 1.17 bits per heavy atom. The molecule has 0 radical (unpaired) electrons. The molecule has 2 aromatic carbocycles. The molecular formula is C25H29FN2O. The van der Waals surface area contributed by atoms with Crippen LogP contribution in [0.5, 0.6) is 0 Å². The lowest BCUT2D eigenvalue weighted by Crippen LogP contribution is -2.56. The number of rotatable bonds is 5. The number of benzene rings is 2. The van der Waals surface area contributed by atoms with Crippen molar-refractivity contribution in [3.63, 3.8) is 0 Å². The number of carbonyl (C=O) groups excluding carboxylic acids is 1. The number of ketones is 1. The zero-order valence-electron chi connectivity index (χ0n) is 17.2. The van der Waals surface area contributed by atoms with Gasteiger partial charge in [0.15, 0.2) is 5.78 Å². The van der Waals surface area contributed by atoms with Gasteiger partial charge in [-0.15, -0.1) is 0 Å².